The van der Waals surface area contributed by atoms with E-state index < -0.39 is 0 Å². The molecule has 0 saturated heterocycles. The molecule has 3 rings (SSSR count). The van der Waals surface area contributed by atoms with E-state index in [2.05, 4.69) is 25.9 Å². The number of carbonyl (C=O) groups excluding carboxylic acids is 1. The SMILES string of the molecule is CCNc1cc(Nc2ccc(NC(=O)c3cccc(OC)c3)cc2)nc(C)n1. The van der Waals surface area contributed by atoms with Crippen LogP contribution in [0.25, 0.3) is 0 Å². The summed E-state index contributed by atoms with van der Waals surface area (Å²) in [6.07, 6.45) is 0. The van der Waals surface area contributed by atoms with Crippen LogP contribution in [0.5, 0.6) is 5.75 Å². The average molecular weight is 377 g/mol. The van der Waals surface area contributed by atoms with Gasteiger partial charge in [0.05, 0.1) is 7.11 Å². The maximum Gasteiger partial charge on any atom is 0.255 e. The van der Waals surface area contributed by atoms with Gasteiger partial charge in [0.1, 0.15) is 23.2 Å². The minimum atomic E-state index is -0.193. The molecular formula is C21H23N5O2. The molecule has 0 aliphatic heterocycles. The number of nitrogens with zero attached hydrogens (tertiary/aromatic N) is 2. The van der Waals surface area contributed by atoms with Crippen LogP contribution in [0, 0.1) is 6.92 Å². The minimum Gasteiger partial charge on any atom is -0.497 e. The summed E-state index contributed by atoms with van der Waals surface area (Å²) in [7, 11) is 1.57. The molecule has 0 radical (unpaired) electrons. The lowest BCUT2D eigenvalue weighted by Gasteiger charge is -2.10. The van der Waals surface area contributed by atoms with Crippen molar-refractivity contribution >= 4 is 28.9 Å². The van der Waals surface area contributed by atoms with Gasteiger partial charge < -0.3 is 20.7 Å². The van der Waals surface area contributed by atoms with Gasteiger partial charge in [0.15, 0.2) is 0 Å². The van der Waals surface area contributed by atoms with Crippen LogP contribution >= 0.6 is 0 Å². The number of amides is 1. The van der Waals surface area contributed by atoms with Crippen LogP contribution in [0.3, 0.4) is 0 Å². The van der Waals surface area contributed by atoms with Crippen LogP contribution in [0.15, 0.2) is 54.6 Å². The molecular weight excluding hydrogens is 354 g/mol. The number of rotatable bonds is 7. The lowest BCUT2D eigenvalue weighted by molar-refractivity contribution is 0.102. The Morgan fingerprint density at radius 1 is 1.00 bits per heavy atom. The zero-order valence-corrected chi connectivity index (χ0v) is 16.1. The molecule has 0 unspecified atom stereocenters. The van der Waals surface area contributed by atoms with Gasteiger partial charge >= 0.3 is 0 Å². The molecule has 0 bridgehead atoms. The number of benzene rings is 2. The van der Waals surface area contributed by atoms with Gasteiger partial charge in [-0.25, -0.2) is 9.97 Å². The maximum absolute atomic E-state index is 12.4. The molecule has 0 atom stereocenters. The number of aromatic nitrogens is 2. The molecule has 2 aromatic carbocycles. The van der Waals surface area contributed by atoms with Gasteiger partial charge in [0.25, 0.3) is 5.91 Å². The van der Waals surface area contributed by atoms with E-state index in [0.29, 0.717) is 28.6 Å². The summed E-state index contributed by atoms with van der Waals surface area (Å²) >= 11 is 0. The third-order valence-corrected chi connectivity index (χ3v) is 3.94. The number of anilines is 4. The van der Waals surface area contributed by atoms with Crippen molar-refractivity contribution in [1.29, 1.82) is 0 Å². The molecule has 1 aromatic heterocycles. The Morgan fingerprint density at radius 2 is 1.71 bits per heavy atom. The Bertz CT molecular complexity index is 957. The van der Waals surface area contributed by atoms with Crippen molar-refractivity contribution in [3.63, 3.8) is 0 Å². The molecule has 28 heavy (non-hydrogen) atoms. The zero-order valence-electron chi connectivity index (χ0n) is 16.1. The summed E-state index contributed by atoms with van der Waals surface area (Å²) in [4.78, 5) is 21.1. The van der Waals surface area contributed by atoms with Gasteiger partial charge in [-0.3, -0.25) is 4.79 Å². The first-order valence-corrected chi connectivity index (χ1v) is 8.99. The first kappa shape index (κ1) is 19.2. The largest absolute Gasteiger partial charge is 0.497 e. The highest BCUT2D eigenvalue weighted by atomic mass is 16.5. The quantitative estimate of drug-likeness (QED) is 0.571. The molecule has 3 N–H and O–H groups in total. The van der Waals surface area contributed by atoms with Crippen molar-refractivity contribution in [1.82, 2.24) is 9.97 Å². The predicted molar refractivity (Wildman–Crippen MR) is 112 cm³/mol. The third-order valence-electron chi connectivity index (χ3n) is 3.94. The summed E-state index contributed by atoms with van der Waals surface area (Å²) in [5.74, 6) is 2.62. The number of carbonyl (C=O) groups is 1. The standard InChI is InChI=1S/C21H23N5O2/c1-4-22-19-13-20(24-14(2)23-19)25-16-8-10-17(11-9-16)26-21(27)15-6-5-7-18(12-15)28-3/h5-13H,4H2,1-3H3,(H,26,27)(H2,22,23,24,25). The Labute approximate surface area is 164 Å². The fourth-order valence-corrected chi connectivity index (χ4v) is 2.66. The molecule has 0 aliphatic carbocycles. The third kappa shape index (κ3) is 4.97. The summed E-state index contributed by atoms with van der Waals surface area (Å²) in [6.45, 7) is 4.66. The van der Waals surface area contributed by atoms with Crippen molar-refractivity contribution in [2.45, 2.75) is 13.8 Å². The first-order valence-electron chi connectivity index (χ1n) is 8.99. The molecule has 0 spiro atoms. The predicted octanol–water partition coefficient (Wildman–Crippen LogP) is 4.22. The topological polar surface area (TPSA) is 88.2 Å². The molecule has 0 saturated carbocycles. The summed E-state index contributed by atoms with van der Waals surface area (Å²) < 4.78 is 5.16. The van der Waals surface area contributed by atoms with Crippen molar-refractivity contribution < 1.29 is 9.53 Å². The second-order valence-corrected chi connectivity index (χ2v) is 6.10. The average Bonchev–Trinajstić information content (AvgIpc) is 2.69. The van der Waals surface area contributed by atoms with E-state index in [9.17, 15) is 4.79 Å². The minimum absolute atomic E-state index is 0.193. The van der Waals surface area contributed by atoms with E-state index in [1.165, 1.54) is 0 Å². The Balaban J connectivity index is 1.67. The molecule has 0 fully saturated rings. The van der Waals surface area contributed by atoms with Gasteiger partial charge in [0, 0.05) is 29.5 Å². The van der Waals surface area contributed by atoms with Crippen LogP contribution < -0.4 is 20.7 Å². The van der Waals surface area contributed by atoms with Crippen molar-refractivity contribution in [3.05, 3.63) is 66.0 Å². The van der Waals surface area contributed by atoms with Crippen LogP contribution in [0.2, 0.25) is 0 Å². The molecule has 3 aromatic rings. The first-order chi connectivity index (χ1) is 13.6. The van der Waals surface area contributed by atoms with Gasteiger partial charge in [-0.1, -0.05) is 6.07 Å². The van der Waals surface area contributed by atoms with Crippen LogP contribution in [0.4, 0.5) is 23.0 Å². The summed E-state index contributed by atoms with van der Waals surface area (Å²) in [5, 5.41) is 9.31. The lowest BCUT2D eigenvalue weighted by Crippen LogP contribution is -2.11. The van der Waals surface area contributed by atoms with Crippen LogP contribution in [0.1, 0.15) is 23.1 Å². The van der Waals surface area contributed by atoms with Gasteiger partial charge in [-0.15, -0.1) is 0 Å². The monoisotopic (exact) mass is 377 g/mol. The second kappa shape index (κ2) is 8.85. The van der Waals surface area contributed by atoms with Crippen molar-refractivity contribution in [3.8, 4) is 5.75 Å². The van der Waals surface area contributed by atoms with Gasteiger partial charge in [-0.2, -0.15) is 0 Å². The molecule has 7 heteroatoms. The highest BCUT2D eigenvalue weighted by Gasteiger charge is 2.08. The number of hydrogen-bond acceptors (Lipinski definition) is 6. The Kier molecular flexibility index (Phi) is 6.06. The number of methoxy groups -OCH3 is 1. The van der Waals surface area contributed by atoms with Gasteiger partial charge in [0.2, 0.25) is 0 Å². The Hall–Kier alpha value is -3.61. The number of nitrogens with one attached hydrogen (secondary N) is 3. The second-order valence-electron chi connectivity index (χ2n) is 6.10. The smallest absolute Gasteiger partial charge is 0.255 e. The Morgan fingerprint density at radius 3 is 2.43 bits per heavy atom. The molecule has 144 valence electrons. The van der Waals surface area contributed by atoms with Crippen molar-refractivity contribution in [2.24, 2.45) is 0 Å². The van der Waals surface area contributed by atoms with E-state index in [4.69, 9.17) is 4.74 Å². The zero-order chi connectivity index (χ0) is 19.9. The molecule has 0 aliphatic rings. The van der Waals surface area contributed by atoms with Crippen molar-refractivity contribution in [2.75, 3.05) is 29.6 Å². The van der Waals surface area contributed by atoms with Crippen LogP contribution in [-0.4, -0.2) is 29.5 Å². The van der Waals surface area contributed by atoms with E-state index >= 15 is 0 Å². The number of ether oxygens (including phenoxy) is 1. The normalized spacial score (nSPS) is 10.2. The molecule has 1 heterocycles. The fourth-order valence-electron chi connectivity index (χ4n) is 2.66. The van der Waals surface area contributed by atoms with Gasteiger partial charge in [-0.05, 0) is 56.3 Å². The molecule has 1 amide bonds. The summed E-state index contributed by atoms with van der Waals surface area (Å²) in [6, 6.07) is 16.3. The van der Waals surface area contributed by atoms with E-state index in [1.54, 1.807) is 31.4 Å². The maximum atomic E-state index is 12.4. The molecule has 7 nitrogen and oxygen atoms in total. The highest BCUT2D eigenvalue weighted by molar-refractivity contribution is 6.04. The fraction of sp³-hybridized carbons (Fsp3) is 0.190. The number of hydrogen-bond donors (Lipinski definition) is 3. The van der Waals surface area contributed by atoms with E-state index in [-0.39, 0.29) is 5.91 Å². The lowest BCUT2D eigenvalue weighted by atomic mass is 10.2. The van der Waals surface area contributed by atoms with Crippen LogP contribution in [-0.2, 0) is 0 Å². The van der Waals surface area contributed by atoms with E-state index in [1.807, 2.05) is 44.2 Å². The highest BCUT2D eigenvalue weighted by Crippen LogP contribution is 2.20. The summed E-state index contributed by atoms with van der Waals surface area (Å²) in [5.41, 5.74) is 2.10. The number of aryl methyl sites for hydroxylation is 1. The van der Waals surface area contributed by atoms with E-state index in [0.717, 1.165) is 18.1 Å².